The molecule has 9 heteroatoms. The Labute approximate surface area is 151 Å². The average molecular weight is 368 g/mol. The lowest BCUT2D eigenvalue weighted by atomic mass is 9.97. The molecule has 1 aliphatic rings. The van der Waals surface area contributed by atoms with Crippen molar-refractivity contribution in [3.8, 4) is 0 Å². The van der Waals surface area contributed by atoms with Gasteiger partial charge in [0.1, 0.15) is 5.76 Å². The number of piperidine rings is 1. The zero-order valence-electron chi connectivity index (χ0n) is 14.5. The Morgan fingerprint density at radius 1 is 1.40 bits per heavy atom. The molecule has 0 saturated carbocycles. The topological polar surface area (TPSA) is 105 Å². The number of rotatable bonds is 7. The van der Waals surface area contributed by atoms with Crippen molar-refractivity contribution in [1.82, 2.24) is 15.4 Å². The standard InChI is InChI=1S/C16H24N4O4S/c1-3-17-16(23)12-5-4-6-20(8-12)15(22)10-25-9-14(21)18-13-7-11(2)24-19-13/h7,12H,3-6,8-10H2,1-2H3,(H,17,23)(H,18,19,21). The minimum atomic E-state index is -0.232. The van der Waals surface area contributed by atoms with Gasteiger partial charge in [-0.1, -0.05) is 5.16 Å². The van der Waals surface area contributed by atoms with E-state index in [4.69, 9.17) is 4.52 Å². The molecule has 8 nitrogen and oxygen atoms in total. The third kappa shape index (κ3) is 6.08. The molecule has 1 aliphatic heterocycles. The summed E-state index contributed by atoms with van der Waals surface area (Å²) in [6.45, 7) is 5.34. The number of hydrogen-bond acceptors (Lipinski definition) is 6. The van der Waals surface area contributed by atoms with Gasteiger partial charge in [0.15, 0.2) is 5.82 Å². The Hall–Kier alpha value is -2.03. The number of hydrogen-bond donors (Lipinski definition) is 2. The summed E-state index contributed by atoms with van der Waals surface area (Å²) in [5.74, 6) is 0.962. The number of amides is 3. The Bertz CT molecular complexity index is 619. The average Bonchev–Trinajstić information content (AvgIpc) is 3.00. The molecule has 1 saturated heterocycles. The molecule has 0 radical (unpaired) electrons. The first-order chi connectivity index (χ1) is 12.0. The van der Waals surface area contributed by atoms with Crippen molar-refractivity contribution in [1.29, 1.82) is 0 Å². The summed E-state index contributed by atoms with van der Waals surface area (Å²) in [6, 6.07) is 1.63. The van der Waals surface area contributed by atoms with E-state index in [2.05, 4.69) is 15.8 Å². The Morgan fingerprint density at radius 3 is 2.88 bits per heavy atom. The predicted molar refractivity (Wildman–Crippen MR) is 95.2 cm³/mol. The van der Waals surface area contributed by atoms with Crippen LogP contribution in [0.2, 0.25) is 0 Å². The number of aromatic nitrogens is 1. The normalized spacial score (nSPS) is 17.2. The van der Waals surface area contributed by atoms with E-state index < -0.39 is 0 Å². The molecule has 0 aliphatic carbocycles. The SMILES string of the molecule is CCNC(=O)C1CCCN(C(=O)CSCC(=O)Nc2cc(C)on2)C1. The van der Waals surface area contributed by atoms with Gasteiger partial charge in [-0.2, -0.15) is 0 Å². The highest BCUT2D eigenvalue weighted by Crippen LogP contribution is 2.18. The fourth-order valence-electron chi connectivity index (χ4n) is 2.66. The van der Waals surface area contributed by atoms with Crippen molar-refractivity contribution in [2.75, 3.05) is 36.5 Å². The molecule has 3 amide bonds. The lowest BCUT2D eigenvalue weighted by molar-refractivity contribution is -0.133. The van der Waals surface area contributed by atoms with Gasteiger partial charge in [-0.15, -0.1) is 11.8 Å². The first-order valence-corrected chi connectivity index (χ1v) is 9.51. The molecule has 0 bridgehead atoms. The third-order valence-corrected chi connectivity index (χ3v) is 4.77. The largest absolute Gasteiger partial charge is 0.360 e. The maximum absolute atomic E-state index is 12.3. The van der Waals surface area contributed by atoms with E-state index in [1.165, 1.54) is 11.8 Å². The van der Waals surface area contributed by atoms with E-state index in [0.717, 1.165) is 12.8 Å². The van der Waals surface area contributed by atoms with Crippen LogP contribution in [0, 0.1) is 12.8 Å². The molecular formula is C16H24N4O4S. The molecule has 1 unspecified atom stereocenters. The lowest BCUT2D eigenvalue weighted by Gasteiger charge is -2.32. The number of anilines is 1. The summed E-state index contributed by atoms with van der Waals surface area (Å²) < 4.78 is 4.87. The quantitative estimate of drug-likeness (QED) is 0.745. The van der Waals surface area contributed by atoms with Crippen LogP contribution in [0.1, 0.15) is 25.5 Å². The molecule has 1 aromatic rings. The number of carbonyl (C=O) groups excluding carboxylic acids is 3. The summed E-state index contributed by atoms with van der Waals surface area (Å²) in [6.07, 6.45) is 1.63. The van der Waals surface area contributed by atoms with Gasteiger partial charge < -0.3 is 20.1 Å². The molecule has 138 valence electrons. The van der Waals surface area contributed by atoms with Crippen LogP contribution in [0.5, 0.6) is 0 Å². The molecule has 2 heterocycles. The number of nitrogens with zero attached hydrogens (tertiary/aromatic N) is 2. The Balaban J connectivity index is 1.70. The highest BCUT2D eigenvalue weighted by molar-refractivity contribution is 8.00. The number of thioether (sulfide) groups is 1. The smallest absolute Gasteiger partial charge is 0.235 e. The van der Waals surface area contributed by atoms with Gasteiger partial charge in [0.25, 0.3) is 0 Å². The Morgan fingerprint density at radius 2 is 2.20 bits per heavy atom. The van der Waals surface area contributed by atoms with Crippen molar-refractivity contribution in [2.45, 2.75) is 26.7 Å². The summed E-state index contributed by atoms with van der Waals surface area (Å²) in [5, 5.41) is 9.10. The van der Waals surface area contributed by atoms with Gasteiger partial charge in [0.05, 0.1) is 17.4 Å². The number of nitrogens with one attached hydrogen (secondary N) is 2. The first kappa shape index (κ1) is 19.3. The molecule has 2 rings (SSSR count). The minimum absolute atomic E-state index is 0.00920. The monoisotopic (exact) mass is 368 g/mol. The van der Waals surface area contributed by atoms with E-state index >= 15 is 0 Å². The molecular weight excluding hydrogens is 344 g/mol. The van der Waals surface area contributed by atoms with E-state index in [1.54, 1.807) is 17.9 Å². The fourth-order valence-corrected chi connectivity index (χ4v) is 3.38. The second kappa shape index (κ2) is 9.45. The van der Waals surface area contributed by atoms with Crippen LogP contribution in [-0.2, 0) is 14.4 Å². The van der Waals surface area contributed by atoms with Crippen molar-refractivity contribution < 1.29 is 18.9 Å². The van der Waals surface area contributed by atoms with Gasteiger partial charge in [0, 0.05) is 25.7 Å². The predicted octanol–water partition coefficient (Wildman–Crippen LogP) is 1.03. The van der Waals surface area contributed by atoms with Crippen LogP contribution >= 0.6 is 11.8 Å². The van der Waals surface area contributed by atoms with Crippen molar-refractivity contribution in [2.24, 2.45) is 5.92 Å². The zero-order chi connectivity index (χ0) is 18.2. The maximum Gasteiger partial charge on any atom is 0.235 e. The maximum atomic E-state index is 12.3. The molecule has 2 N–H and O–H groups in total. The highest BCUT2D eigenvalue weighted by atomic mass is 32.2. The van der Waals surface area contributed by atoms with Crippen LogP contribution in [0.4, 0.5) is 5.82 Å². The molecule has 0 spiro atoms. The van der Waals surface area contributed by atoms with E-state index in [1.807, 2.05) is 6.92 Å². The zero-order valence-corrected chi connectivity index (χ0v) is 15.4. The van der Waals surface area contributed by atoms with Gasteiger partial charge in [-0.25, -0.2) is 0 Å². The van der Waals surface area contributed by atoms with E-state index in [9.17, 15) is 14.4 Å². The van der Waals surface area contributed by atoms with Crippen molar-refractivity contribution in [3.05, 3.63) is 11.8 Å². The molecule has 0 aromatic carbocycles. The van der Waals surface area contributed by atoms with Crippen molar-refractivity contribution >= 4 is 35.3 Å². The van der Waals surface area contributed by atoms with Gasteiger partial charge >= 0.3 is 0 Å². The summed E-state index contributed by atoms with van der Waals surface area (Å²) in [7, 11) is 0. The molecule has 1 fully saturated rings. The first-order valence-electron chi connectivity index (χ1n) is 8.36. The number of likely N-dealkylation sites (tertiary alicyclic amines) is 1. The fraction of sp³-hybridized carbons (Fsp3) is 0.625. The van der Waals surface area contributed by atoms with Gasteiger partial charge in [-0.3, -0.25) is 14.4 Å². The Kier molecular flexibility index (Phi) is 7.30. The summed E-state index contributed by atoms with van der Waals surface area (Å²) in [4.78, 5) is 37.7. The highest BCUT2D eigenvalue weighted by Gasteiger charge is 2.27. The molecule has 25 heavy (non-hydrogen) atoms. The number of aryl methyl sites for hydroxylation is 1. The second-order valence-electron chi connectivity index (χ2n) is 5.94. The van der Waals surface area contributed by atoms with Gasteiger partial charge in [-0.05, 0) is 26.7 Å². The van der Waals surface area contributed by atoms with Crippen LogP contribution in [0.15, 0.2) is 10.6 Å². The van der Waals surface area contributed by atoms with Crippen LogP contribution in [0.3, 0.4) is 0 Å². The van der Waals surface area contributed by atoms with Crippen LogP contribution in [-0.4, -0.2) is 58.9 Å². The van der Waals surface area contributed by atoms with Gasteiger partial charge in [0.2, 0.25) is 17.7 Å². The second-order valence-corrected chi connectivity index (χ2v) is 6.92. The van der Waals surface area contributed by atoms with E-state index in [-0.39, 0.29) is 35.1 Å². The van der Waals surface area contributed by atoms with E-state index in [0.29, 0.717) is 31.2 Å². The number of carbonyl (C=O) groups is 3. The lowest BCUT2D eigenvalue weighted by Crippen LogP contribution is -2.46. The molecule has 1 atom stereocenters. The van der Waals surface area contributed by atoms with Crippen molar-refractivity contribution in [3.63, 3.8) is 0 Å². The molecule has 1 aromatic heterocycles. The van der Waals surface area contributed by atoms with Crippen LogP contribution in [0.25, 0.3) is 0 Å². The third-order valence-electron chi connectivity index (χ3n) is 3.85. The summed E-state index contributed by atoms with van der Waals surface area (Å²) >= 11 is 1.25. The van der Waals surface area contributed by atoms with Crippen LogP contribution < -0.4 is 10.6 Å². The summed E-state index contributed by atoms with van der Waals surface area (Å²) in [5.41, 5.74) is 0. The minimum Gasteiger partial charge on any atom is -0.360 e.